The van der Waals surface area contributed by atoms with Crippen molar-refractivity contribution in [2.24, 2.45) is 23.7 Å². The summed E-state index contributed by atoms with van der Waals surface area (Å²) in [4.78, 5) is 71.9. The molecule has 4 amide bonds. The van der Waals surface area contributed by atoms with E-state index in [0.29, 0.717) is 31.3 Å². The van der Waals surface area contributed by atoms with Crippen molar-refractivity contribution in [3.63, 3.8) is 0 Å². The molecule has 0 aromatic heterocycles. The van der Waals surface area contributed by atoms with E-state index in [4.69, 9.17) is 0 Å². The highest BCUT2D eigenvalue weighted by molar-refractivity contribution is 8.00. The molecule has 4 aliphatic rings. The molecule has 0 radical (unpaired) electrons. The van der Waals surface area contributed by atoms with Gasteiger partial charge in [0.25, 0.3) is 11.8 Å². The zero-order chi connectivity index (χ0) is 28.4. The number of carbonyl (C=O) groups is 6. The minimum absolute atomic E-state index is 0.0220. The summed E-state index contributed by atoms with van der Waals surface area (Å²) in [5, 5.41) is -0.180. The highest BCUT2D eigenvalue weighted by atomic mass is 32.2. The molecule has 1 unspecified atom stereocenters. The summed E-state index contributed by atoms with van der Waals surface area (Å²) in [6.07, 6.45) is 13.9. The zero-order valence-corrected chi connectivity index (χ0v) is 24.7. The molecule has 2 aliphatic heterocycles. The molecule has 10 heteroatoms. The van der Waals surface area contributed by atoms with Crippen LogP contribution in [0.4, 0.5) is 0 Å². The van der Waals surface area contributed by atoms with Crippen LogP contribution in [0.1, 0.15) is 71.6 Å². The maximum atomic E-state index is 12.0. The third kappa shape index (κ3) is 8.79. The van der Waals surface area contributed by atoms with Crippen LogP contribution in [0.25, 0.3) is 0 Å². The number of likely N-dealkylation sites (tertiary alicyclic amines) is 1. The SMILES string of the molecule is CC(=O)C1CCC(CN2C(=O)C=CC2=O)CC1.CS.CSC1CC(=O)N(CC2CCC(C(C)=O)CC2)C1=O. The van der Waals surface area contributed by atoms with Crippen molar-refractivity contribution in [3.8, 4) is 0 Å². The van der Waals surface area contributed by atoms with E-state index >= 15 is 0 Å². The van der Waals surface area contributed by atoms with Crippen molar-refractivity contribution in [1.82, 2.24) is 9.80 Å². The minimum atomic E-state index is -0.205. The molecule has 0 N–H and O–H groups in total. The van der Waals surface area contributed by atoms with E-state index in [2.05, 4.69) is 12.6 Å². The predicted molar refractivity (Wildman–Crippen MR) is 152 cm³/mol. The van der Waals surface area contributed by atoms with Crippen LogP contribution < -0.4 is 0 Å². The van der Waals surface area contributed by atoms with Gasteiger partial charge in [0.05, 0.1) is 5.25 Å². The molecule has 2 aliphatic carbocycles. The topological polar surface area (TPSA) is 109 Å². The van der Waals surface area contributed by atoms with Crippen molar-refractivity contribution in [2.75, 3.05) is 25.6 Å². The van der Waals surface area contributed by atoms with Crippen molar-refractivity contribution >= 4 is 59.6 Å². The number of Topliss-reactive ketones (excluding diaryl/α,β-unsaturated/α-hetero) is 2. The Morgan fingerprint density at radius 2 is 1.16 bits per heavy atom. The first-order chi connectivity index (χ1) is 18.1. The fraction of sp³-hybridized carbons (Fsp3) is 0.714. The maximum absolute atomic E-state index is 12.0. The number of ketones is 2. The smallest absolute Gasteiger partial charge is 0.253 e. The Balaban J connectivity index is 0.000000252. The Morgan fingerprint density at radius 1 is 0.763 bits per heavy atom. The summed E-state index contributed by atoms with van der Waals surface area (Å²) in [7, 11) is 0. The van der Waals surface area contributed by atoms with Crippen molar-refractivity contribution in [1.29, 1.82) is 0 Å². The van der Waals surface area contributed by atoms with Crippen LogP contribution in [-0.2, 0) is 28.8 Å². The molecule has 212 valence electrons. The van der Waals surface area contributed by atoms with Gasteiger partial charge in [-0.05, 0) is 89.6 Å². The lowest BCUT2D eigenvalue weighted by molar-refractivity contribution is -0.140. The van der Waals surface area contributed by atoms with E-state index in [9.17, 15) is 28.8 Å². The molecule has 1 saturated heterocycles. The van der Waals surface area contributed by atoms with Crippen LogP contribution in [0, 0.1) is 23.7 Å². The molecule has 2 saturated carbocycles. The second-order valence-electron chi connectivity index (χ2n) is 10.5. The lowest BCUT2D eigenvalue weighted by Gasteiger charge is -2.29. The number of nitrogens with zero attached hydrogens (tertiary/aromatic N) is 2. The highest BCUT2D eigenvalue weighted by Gasteiger charge is 2.39. The number of hydrogen-bond donors (Lipinski definition) is 1. The molecule has 0 spiro atoms. The van der Waals surface area contributed by atoms with Gasteiger partial charge in [-0.25, -0.2) is 0 Å². The number of carbonyl (C=O) groups excluding carboxylic acids is 6. The van der Waals surface area contributed by atoms with Crippen LogP contribution >= 0.6 is 24.4 Å². The standard InChI is InChI=1S/C14H21NO3S.C13H17NO3.CH4S/c1-9(16)11-5-3-10(4-6-11)8-15-13(17)7-12(19-2)14(15)18;1-9(15)11-4-2-10(3-5-11)8-14-12(16)6-7-13(14)17;1-2/h10-12H,3-8H2,1-2H3;6-7,10-11H,2-5,8H2,1H3;2H,1H3. The molecular weight excluding hydrogens is 524 g/mol. The van der Waals surface area contributed by atoms with E-state index < -0.39 is 0 Å². The summed E-state index contributed by atoms with van der Waals surface area (Å²) >= 11 is 4.99. The second kappa shape index (κ2) is 15.6. The Labute approximate surface area is 236 Å². The number of thioether (sulfide) groups is 1. The van der Waals surface area contributed by atoms with Crippen LogP contribution in [0.5, 0.6) is 0 Å². The first kappa shape index (κ1) is 32.3. The third-order valence-corrected chi connectivity index (χ3v) is 9.05. The largest absolute Gasteiger partial charge is 0.300 e. The Hall–Kier alpha value is -1.94. The number of imide groups is 2. The molecule has 0 bridgehead atoms. The monoisotopic (exact) mass is 566 g/mol. The van der Waals surface area contributed by atoms with Crippen LogP contribution in [0.15, 0.2) is 12.2 Å². The summed E-state index contributed by atoms with van der Waals surface area (Å²) in [6, 6.07) is 0. The van der Waals surface area contributed by atoms with Gasteiger partial charge in [-0.1, -0.05) is 0 Å². The third-order valence-electron chi connectivity index (χ3n) is 8.11. The molecule has 0 aromatic rings. The highest BCUT2D eigenvalue weighted by Crippen LogP contribution is 2.32. The number of amides is 4. The van der Waals surface area contributed by atoms with Gasteiger partial charge in [0.2, 0.25) is 11.8 Å². The lowest BCUT2D eigenvalue weighted by Crippen LogP contribution is -2.37. The summed E-state index contributed by atoms with van der Waals surface area (Å²) < 4.78 is 0. The summed E-state index contributed by atoms with van der Waals surface area (Å²) in [5.74, 6) is 1.20. The van der Waals surface area contributed by atoms with E-state index in [0.717, 1.165) is 51.4 Å². The molecule has 4 rings (SSSR count). The summed E-state index contributed by atoms with van der Waals surface area (Å²) in [5.41, 5.74) is 0. The van der Waals surface area contributed by atoms with Crippen molar-refractivity contribution < 1.29 is 28.8 Å². The zero-order valence-electron chi connectivity index (χ0n) is 23.0. The lowest BCUT2D eigenvalue weighted by atomic mass is 9.80. The summed E-state index contributed by atoms with van der Waals surface area (Å²) in [6.45, 7) is 4.36. The Morgan fingerprint density at radius 3 is 1.50 bits per heavy atom. The second-order valence-corrected chi connectivity index (χ2v) is 11.6. The number of thiol groups is 1. The average molecular weight is 567 g/mol. The van der Waals surface area contributed by atoms with Crippen LogP contribution in [0.2, 0.25) is 0 Å². The molecule has 8 nitrogen and oxygen atoms in total. The molecule has 3 fully saturated rings. The molecule has 1 atom stereocenters. The minimum Gasteiger partial charge on any atom is -0.300 e. The van der Waals surface area contributed by atoms with Crippen molar-refractivity contribution in [2.45, 2.75) is 76.9 Å². The molecule has 0 aromatic carbocycles. The fourth-order valence-electron chi connectivity index (χ4n) is 5.66. The van der Waals surface area contributed by atoms with Gasteiger partial charge in [-0.2, -0.15) is 24.4 Å². The normalized spacial score (nSPS) is 29.0. The van der Waals surface area contributed by atoms with Crippen LogP contribution in [0.3, 0.4) is 0 Å². The Bertz CT molecular complexity index is 902. The van der Waals surface area contributed by atoms with Gasteiger partial charge in [0.15, 0.2) is 0 Å². The quantitative estimate of drug-likeness (QED) is 0.370. The Kier molecular flexibility index (Phi) is 13.2. The van der Waals surface area contributed by atoms with Gasteiger partial charge >= 0.3 is 0 Å². The molecule has 2 heterocycles. The van der Waals surface area contributed by atoms with Gasteiger partial charge < -0.3 is 0 Å². The predicted octanol–water partition coefficient (Wildman–Crippen LogP) is 3.73. The maximum Gasteiger partial charge on any atom is 0.253 e. The fourth-order valence-corrected chi connectivity index (χ4v) is 6.30. The van der Waals surface area contributed by atoms with Gasteiger partial charge in [-0.3, -0.25) is 38.6 Å². The first-order valence-corrected chi connectivity index (χ1v) is 15.6. The first-order valence-electron chi connectivity index (χ1n) is 13.5. The van der Waals surface area contributed by atoms with E-state index in [1.807, 2.05) is 6.26 Å². The van der Waals surface area contributed by atoms with Gasteiger partial charge in [-0.15, -0.1) is 0 Å². The molecular formula is C28H42N2O6S2. The van der Waals surface area contributed by atoms with Crippen LogP contribution in [-0.4, -0.2) is 75.8 Å². The average Bonchev–Trinajstić information content (AvgIpc) is 3.38. The van der Waals surface area contributed by atoms with E-state index in [1.54, 1.807) is 20.1 Å². The van der Waals surface area contributed by atoms with Gasteiger partial charge in [0.1, 0.15) is 11.6 Å². The number of rotatable bonds is 7. The van der Waals surface area contributed by atoms with E-state index in [1.165, 1.54) is 33.7 Å². The van der Waals surface area contributed by atoms with Crippen molar-refractivity contribution in [3.05, 3.63) is 12.2 Å². The number of hydrogen-bond acceptors (Lipinski definition) is 8. The molecule has 38 heavy (non-hydrogen) atoms. The van der Waals surface area contributed by atoms with E-state index in [-0.39, 0.29) is 52.3 Å². The van der Waals surface area contributed by atoms with Gasteiger partial charge in [0, 0.05) is 43.5 Å².